The molecular formula is C17H15ClN2O3S. The van der Waals surface area contributed by atoms with Gasteiger partial charge < -0.3 is 5.32 Å². The standard InChI is InChI=1S/C17H15ClN2O3S/c1-3-10-19-17(21)13-6-4-9-16(11-13)24(22,23)20(2)15-8-5-7-14(18)12-15/h1,4-9,11-12H,10H2,2H3,(H,19,21). The van der Waals surface area contributed by atoms with Crippen LogP contribution in [0.3, 0.4) is 0 Å². The van der Waals surface area contributed by atoms with Gasteiger partial charge in [-0.2, -0.15) is 0 Å². The van der Waals surface area contributed by atoms with Crippen LogP contribution in [0.5, 0.6) is 0 Å². The number of halogens is 1. The maximum absolute atomic E-state index is 12.8. The molecule has 0 aliphatic heterocycles. The molecule has 0 aromatic heterocycles. The smallest absolute Gasteiger partial charge is 0.264 e. The van der Waals surface area contributed by atoms with E-state index in [4.69, 9.17) is 18.0 Å². The van der Waals surface area contributed by atoms with Crippen LogP contribution in [0.2, 0.25) is 5.02 Å². The second-order valence-electron chi connectivity index (χ2n) is 4.87. The topological polar surface area (TPSA) is 66.5 Å². The second-order valence-corrected chi connectivity index (χ2v) is 7.27. The number of nitrogens with one attached hydrogen (secondary N) is 1. The van der Waals surface area contributed by atoms with Gasteiger partial charge in [-0.3, -0.25) is 9.10 Å². The molecule has 0 saturated carbocycles. The van der Waals surface area contributed by atoms with Crippen molar-refractivity contribution in [1.82, 2.24) is 5.32 Å². The molecule has 2 aromatic carbocycles. The fourth-order valence-electron chi connectivity index (χ4n) is 2.00. The molecule has 0 heterocycles. The molecule has 2 aromatic rings. The minimum absolute atomic E-state index is 0.00154. The molecule has 0 fully saturated rings. The fraction of sp³-hybridized carbons (Fsp3) is 0.118. The molecule has 5 nitrogen and oxygen atoms in total. The maximum atomic E-state index is 12.8. The first-order chi connectivity index (χ1) is 11.4. The van der Waals surface area contributed by atoms with Gasteiger partial charge in [-0.1, -0.05) is 29.7 Å². The average Bonchev–Trinajstić information content (AvgIpc) is 2.59. The van der Waals surface area contributed by atoms with E-state index in [9.17, 15) is 13.2 Å². The summed E-state index contributed by atoms with van der Waals surface area (Å²) in [4.78, 5) is 11.9. The monoisotopic (exact) mass is 362 g/mol. The number of terminal acetylenes is 1. The van der Waals surface area contributed by atoms with Crippen LogP contribution < -0.4 is 9.62 Å². The summed E-state index contributed by atoms with van der Waals surface area (Å²) in [5.41, 5.74) is 0.635. The first-order valence-electron chi connectivity index (χ1n) is 6.92. The van der Waals surface area contributed by atoms with E-state index in [2.05, 4.69) is 11.2 Å². The number of carbonyl (C=O) groups excluding carboxylic acids is 1. The normalized spacial score (nSPS) is 10.7. The zero-order chi connectivity index (χ0) is 17.7. The lowest BCUT2D eigenvalue weighted by Gasteiger charge is -2.20. The minimum Gasteiger partial charge on any atom is -0.341 e. The number of hydrogen-bond acceptors (Lipinski definition) is 3. The molecule has 0 saturated heterocycles. The predicted molar refractivity (Wildman–Crippen MR) is 94.6 cm³/mol. The number of rotatable bonds is 5. The van der Waals surface area contributed by atoms with Gasteiger partial charge in [-0.15, -0.1) is 6.42 Å². The summed E-state index contributed by atoms with van der Waals surface area (Å²) in [5, 5.41) is 2.92. The molecule has 0 bridgehead atoms. The van der Waals surface area contributed by atoms with E-state index in [1.165, 1.54) is 31.3 Å². The summed E-state index contributed by atoms with van der Waals surface area (Å²) in [6.45, 7) is 0.0677. The summed E-state index contributed by atoms with van der Waals surface area (Å²) in [5.74, 6) is 1.85. The van der Waals surface area contributed by atoms with E-state index in [0.29, 0.717) is 10.7 Å². The van der Waals surface area contributed by atoms with Crippen molar-refractivity contribution in [3.8, 4) is 12.3 Å². The van der Waals surface area contributed by atoms with Gasteiger partial charge in [0.05, 0.1) is 17.1 Å². The third kappa shape index (κ3) is 3.88. The van der Waals surface area contributed by atoms with E-state index < -0.39 is 15.9 Å². The van der Waals surface area contributed by atoms with Gasteiger partial charge >= 0.3 is 0 Å². The Bertz CT molecular complexity index is 904. The molecule has 0 radical (unpaired) electrons. The Hall–Kier alpha value is -2.49. The van der Waals surface area contributed by atoms with Gasteiger partial charge in [0.2, 0.25) is 0 Å². The van der Waals surface area contributed by atoms with Gasteiger partial charge in [0.1, 0.15) is 0 Å². The van der Waals surface area contributed by atoms with Gasteiger partial charge in [0.25, 0.3) is 15.9 Å². The van der Waals surface area contributed by atoms with Crippen LogP contribution in [0, 0.1) is 12.3 Å². The summed E-state index contributed by atoms with van der Waals surface area (Å²) >= 11 is 5.91. The van der Waals surface area contributed by atoms with Gasteiger partial charge in [0.15, 0.2) is 0 Å². The highest BCUT2D eigenvalue weighted by atomic mass is 35.5. The highest BCUT2D eigenvalue weighted by Gasteiger charge is 2.22. The van der Waals surface area contributed by atoms with Crippen molar-refractivity contribution in [3.63, 3.8) is 0 Å². The Labute approximate surface area is 146 Å². The molecule has 7 heteroatoms. The second kappa shape index (κ2) is 7.39. The Morgan fingerprint density at radius 1 is 1.25 bits per heavy atom. The number of carbonyl (C=O) groups is 1. The lowest BCUT2D eigenvalue weighted by Crippen LogP contribution is -2.27. The third-order valence-corrected chi connectivity index (χ3v) is 5.29. The van der Waals surface area contributed by atoms with Crippen LogP contribution in [0.15, 0.2) is 53.4 Å². The molecule has 1 amide bonds. The Morgan fingerprint density at radius 3 is 2.62 bits per heavy atom. The number of hydrogen-bond donors (Lipinski definition) is 1. The van der Waals surface area contributed by atoms with Crippen LogP contribution in [-0.4, -0.2) is 27.9 Å². The molecule has 0 aliphatic carbocycles. The van der Waals surface area contributed by atoms with Crippen molar-refractivity contribution >= 4 is 33.2 Å². The van der Waals surface area contributed by atoms with Crippen molar-refractivity contribution < 1.29 is 13.2 Å². The summed E-state index contributed by atoms with van der Waals surface area (Å²) in [6.07, 6.45) is 5.09. The van der Waals surface area contributed by atoms with Crippen LogP contribution in [-0.2, 0) is 10.0 Å². The highest BCUT2D eigenvalue weighted by Crippen LogP contribution is 2.25. The number of anilines is 1. The molecule has 124 valence electrons. The van der Waals surface area contributed by atoms with E-state index in [1.807, 2.05) is 0 Å². The van der Waals surface area contributed by atoms with E-state index in [1.54, 1.807) is 24.3 Å². The number of amides is 1. The maximum Gasteiger partial charge on any atom is 0.264 e. The van der Waals surface area contributed by atoms with Crippen molar-refractivity contribution in [3.05, 3.63) is 59.1 Å². The Kier molecular flexibility index (Phi) is 5.50. The first kappa shape index (κ1) is 17.9. The molecule has 1 N–H and O–H groups in total. The van der Waals surface area contributed by atoms with Crippen molar-refractivity contribution in [2.75, 3.05) is 17.9 Å². The van der Waals surface area contributed by atoms with Gasteiger partial charge in [-0.05, 0) is 36.4 Å². The zero-order valence-electron chi connectivity index (χ0n) is 12.9. The zero-order valence-corrected chi connectivity index (χ0v) is 14.4. The van der Waals surface area contributed by atoms with Crippen LogP contribution in [0.1, 0.15) is 10.4 Å². The quantitative estimate of drug-likeness (QED) is 0.831. The van der Waals surface area contributed by atoms with Gasteiger partial charge in [0, 0.05) is 17.6 Å². The van der Waals surface area contributed by atoms with Gasteiger partial charge in [-0.25, -0.2) is 8.42 Å². The highest BCUT2D eigenvalue weighted by molar-refractivity contribution is 7.92. The van der Waals surface area contributed by atoms with E-state index in [0.717, 1.165) is 4.31 Å². The van der Waals surface area contributed by atoms with Crippen LogP contribution in [0.4, 0.5) is 5.69 Å². The summed E-state index contributed by atoms with van der Waals surface area (Å²) in [6, 6.07) is 12.2. The predicted octanol–water partition coefficient (Wildman–Crippen LogP) is 2.53. The van der Waals surface area contributed by atoms with Crippen molar-refractivity contribution in [1.29, 1.82) is 0 Å². The SMILES string of the molecule is C#CCNC(=O)c1cccc(S(=O)(=O)N(C)c2cccc(Cl)c2)c1. The molecule has 0 unspecified atom stereocenters. The average molecular weight is 363 g/mol. The Morgan fingerprint density at radius 2 is 1.96 bits per heavy atom. The largest absolute Gasteiger partial charge is 0.341 e. The molecule has 0 aliphatic rings. The molecule has 0 spiro atoms. The third-order valence-electron chi connectivity index (χ3n) is 3.28. The lowest BCUT2D eigenvalue weighted by molar-refractivity contribution is 0.0958. The number of sulfonamides is 1. The van der Waals surface area contributed by atoms with Crippen LogP contribution >= 0.6 is 11.6 Å². The molecular weight excluding hydrogens is 348 g/mol. The van der Waals surface area contributed by atoms with Crippen LogP contribution in [0.25, 0.3) is 0 Å². The van der Waals surface area contributed by atoms with Crippen molar-refractivity contribution in [2.45, 2.75) is 4.90 Å². The van der Waals surface area contributed by atoms with E-state index >= 15 is 0 Å². The minimum atomic E-state index is -3.83. The first-order valence-corrected chi connectivity index (χ1v) is 8.74. The molecule has 24 heavy (non-hydrogen) atoms. The van der Waals surface area contributed by atoms with Crippen molar-refractivity contribution in [2.24, 2.45) is 0 Å². The summed E-state index contributed by atoms with van der Waals surface area (Å²) in [7, 11) is -2.41. The number of nitrogens with zero attached hydrogens (tertiary/aromatic N) is 1. The molecule has 2 rings (SSSR count). The summed E-state index contributed by atoms with van der Waals surface area (Å²) < 4.78 is 26.6. The lowest BCUT2D eigenvalue weighted by atomic mass is 10.2. The Balaban J connectivity index is 2.36. The molecule has 0 atom stereocenters. The van der Waals surface area contributed by atoms with E-state index in [-0.39, 0.29) is 17.0 Å². The fourth-order valence-corrected chi connectivity index (χ4v) is 3.42. The number of benzene rings is 2.